The average Bonchev–Trinajstić information content (AvgIpc) is 2.43. The maximum Gasteiger partial charge on any atom is 0.141 e. The fraction of sp³-hybridized carbons (Fsp3) is 0.312. The molecule has 1 aromatic heterocycles. The van der Waals surface area contributed by atoms with Gasteiger partial charge in [-0.05, 0) is 29.3 Å². The summed E-state index contributed by atoms with van der Waals surface area (Å²) in [5.41, 5.74) is 2.17. The van der Waals surface area contributed by atoms with E-state index in [1.807, 2.05) is 0 Å². The molecule has 2 aromatic rings. The van der Waals surface area contributed by atoms with Crippen molar-refractivity contribution in [2.75, 3.05) is 0 Å². The Morgan fingerprint density at radius 2 is 2.05 bits per heavy atom. The third kappa shape index (κ3) is 4.94. The standard InChI is InChI=1S/C16H19FN2S/c1-12(2)19-9-13-4-3-5-16(7-13)20-11-14-6-15(17)10-18-8-14/h3-8,10,12,19H,9,11H2,1-2H3. The van der Waals surface area contributed by atoms with Crippen molar-refractivity contribution in [3.63, 3.8) is 0 Å². The largest absolute Gasteiger partial charge is 0.310 e. The summed E-state index contributed by atoms with van der Waals surface area (Å²) in [5.74, 6) is 0.448. The van der Waals surface area contributed by atoms with E-state index in [1.165, 1.54) is 22.7 Å². The zero-order valence-electron chi connectivity index (χ0n) is 11.8. The number of hydrogen-bond acceptors (Lipinski definition) is 3. The van der Waals surface area contributed by atoms with Crippen molar-refractivity contribution in [1.29, 1.82) is 0 Å². The zero-order valence-corrected chi connectivity index (χ0v) is 12.6. The van der Waals surface area contributed by atoms with Crippen molar-refractivity contribution >= 4 is 11.8 Å². The van der Waals surface area contributed by atoms with Gasteiger partial charge >= 0.3 is 0 Å². The van der Waals surface area contributed by atoms with E-state index < -0.39 is 0 Å². The first-order chi connectivity index (χ1) is 9.63. The second kappa shape index (κ2) is 7.41. The third-order valence-electron chi connectivity index (χ3n) is 2.78. The molecule has 0 bridgehead atoms. The SMILES string of the molecule is CC(C)NCc1cccc(SCc2cncc(F)c2)c1. The summed E-state index contributed by atoms with van der Waals surface area (Å²) in [4.78, 5) is 5.06. The highest BCUT2D eigenvalue weighted by Crippen LogP contribution is 2.23. The molecule has 2 rings (SSSR count). The molecule has 0 aliphatic carbocycles. The molecule has 0 aliphatic heterocycles. The monoisotopic (exact) mass is 290 g/mol. The number of aromatic nitrogens is 1. The van der Waals surface area contributed by atoms with Crippen molar-refractivity contribution in [3.05, 3.63) is 59.7 Å². The van der Waals surface area contributed by atoms with Crippen LogP contribution in [0.4, 0.5) is 4.39 Å². The predicted octanol–water partition coefficient (Wildman–Crippen LogP) is 4.01. The summed E-state index contributed by atoms with van der Waals surface area (Å²) in [5, 5.41) is 3.40. The number of hydrogen-bond donors (Lipinski definition) is 1. The smallest absolute Gasteiger partial charge is 0.141 e. The van der Waals surface area contributed by atoms with Crippen LogP contribution in [0.3, 0.4) is 0 Å². The summed E-state index contributed by atoms with van der Waals surface area (Å²) in [6.07, 6.45) is 2.94. The Morgan fingerprint density at radius 1 is 1.20 bits per heavy atom. The van der Waals surface area contributed by atoms with Crippen LogP contribution in [0.1, 0.15) is 25.0 Å². The second-order valence-corrected chi connectivity index (χ2v) is 6.03. The molecule has 2 nitrogen and oxygen atoms in total. The van der Waals surface area contributed by atoms with Crippen LogP contribution in [-0.2, 0) is 12.3 Å². The summed E-state index contributed by atoms with van der Waals surface area (Å²) in [6, 6.07) is 10.4. The first-order valence-corrected chi connectivity index (χ1v) is 7.66. The zero-order chi connectivity index (χ0) is 14.4. The summed E-state index contributed by atoms with van der Waals surface area (Å²) in [6.45, 7) is 5.14. The van der Waals surface area contributed by atoms with Gasteiger partial charge in [-0.15, -0.1) is 11.8 Å². The van der Waals surface area contributed by atoms with Gasteiger partial charge in [0.25, 0.3) is 0 Å². The second-order valence-electron chi connectivity index (χ2n) is 4.98. The molecular formula is C16H19FN2S. The van der Waals surface area contributed by atoms with Gasteiger partial charge in [0.2, 0.25) is 0 Å². The van der Waals surface area contributed by atoms with Crippen LogP contribution < -0.4 is 5.32 Å². The molecule has 1 aromatic carbocycles. The van der Waals surface area contributed by atoms with Crippen LogP contribution in [0.15, 0.2) is 47.6 Å². The van der Waals surface area contributed by atoms with E-state index in [9.17, 15) is 4.39 Å². The molecule has 106 valence electrons. The van der Waals surface area contributed by atoms with Crippen molar-refractivity contribution in [2.24, 2.45) is 0 Å². The summed E-state index contributed by atoms with van der Waals surface area (Å²) in [7, 11) is 0. The van der Waals surface area contributed by atoms with Gasteiger partial charge in [-0.1, -0.05) is 26.0 Å². The fourth-order valence-corrected chi connectivity index (χ4v) is 2.67. The number of thioether (sulfide) groups is 1. The molecule has 0 unspecified atom stereocenters. The van der Waals surface area contributed by atoms with E-state index in [-0.39, 0.29) is 5.82 Å². The van der Waals surface area contributed by atoms with Gasteiger partial charge in [-0.3, -0.25) is 4.98 Å². The van der Waals surface area contributed by atoms with Crippen LogP contribution in [0.25, 0.3) is 0 Å². The molecular weight excluding hydrogens is 271 g/mol. The van der Waals surface area contributed by atoms with E-state index in [2.05, 4.69) is 48.4 Å². The number of halogens is 1. The highest BCUT2D eigenvalue weighted by molar-refractivity contribution is 7.98. The molecule has 0 spiro atoms. The van der Waals surface area contributed by atoms with Crippen LogP contribution in [-0.4, -0.2) is 11.0 Å². The molecule has 0 saturated heterocycles. The molecule has 0 radical (unpaired) electrons. The quantitative estimate of drug-likeness (QED) is 0.814. The highest BCUT2D eigenvalue weighted by atomic mass is 32.2. The number of pyridine rings is 1. The molecule has 1 heterocycles. The minimum atomic E-state index is -0.280. The number of nitrogens with one attached hydrogen (secondary N) is 1. The van der Waals surface area contributed by atoms with Crippen molar-refractivity contribution < 1.29 is 4.39 Å². The molecule has 4 heteroatoms. The van der Waals surface area contributed by atoms with E-state index in [4.69, 9.17) is 0 Å². The van der Waals surface area contributed by atoms with Crippen molar-refractivity contribution in [3.8, 4) is 0 Å². The maximum atomic E-state index is 13.1. The van der Waals surface area contributed by atoms with E-state index in [0.29, 0.717) is 6.04 Å². The van der Waals surface area contributed by atoms with Gasteiger partial charge in [0.05, 0.1) is 6.20 Å². The molecule has 0 atom stereocenters. The Hall–Kier alpha value is -1.39. The topological polar surface area (TPSA) is 24.9 Å². The lowest BCUT2D eigenvalue weighted by molar-refractivity contribution is 0.588. The Kier molecular flexibility index (Phi) is 5.56. The molecule has 0 aliphatic rings. The van der Waals surface area contributed by atoms with Gasteiger partial charge < -0.3 is 5.32 Å². The first kappa shape index (κ1) is 15.0. The van der Waals surface area contributed by atoms with Crippen molar-refractivity contribution in [1.82, 2.24) is 10.3 Å². The lowest BCUT2D eigenvalue weighted by Gasteiger charge is -2.09. The minimum Gasteiger partial charge on any atom is -0.310 e. The number of nitrogens with zero attached hydrogens (tertiary/aromatic N) is 1. The Balaban J connectivity index is 1.94. The Bertz CT molecular complexity index is 558. The van der Waals surface area contributed by atoms with E-state index in [1.54, 1.807) is 18.0 Å². The maximum absolute atomic E-state index is 13.1. The van der Waals surface area contributed by atoms with Crippen molar-refractivity contribution in [2.45, 2.75) is 37.1 Å². The van der Waals surface area contributed by atoms with Crippen LogP contribution in [0.2, 0.25) is 0 Å². The lowest BCUT2D eigenvalue weighted by atomic mass is 10.2. The first-order valence-electron chi connectivity index (χ1n) is 6.68. The molecule has 0 saturated carbocycles. The third-order valence-corrected chi connectivity index (χ3v) is 3.84. The number of rotatable bonds is 6. The Morgan fingerprint density at radius 3 is 2.80 bits per heavy atom. The Labute approximate surface area is 123 Å². The van der Waals surface area contributed by atoms with E-state index >= 15 is 0 Å². The lowest BCUT2D eigenvalue weighted by Crippen LogP contribution is -2.21. The van der Waals surface area contributed by atoms with Gasteiger partial charge in [0.15, 0.2) is 0 Å². The number of benzene rings is 1. The molecule has 20 heavy (non-hydrogen) atoms. The summed E-state index contributed by atoms with van der Waals surface area (Å²) < 4.78 is 13.1. The molecule has 1 N–H and O–H groups in total. The molecule has 0 amide bonds. The van der Waals surface area contributed by atoms with Gasteiger partial charge in [0, 0.05) is 29.4 Å². The summed E-state index contributed by atoms with van der Waals surface area (Å²) >= 11 is 1.70. The van der Waals surface area contributed by atoms with Crippen LogP contribution >= 0.6 is 11.8 Å². The average molecular weight is 290 g/mol. The van der Waals surface area contributed by atoms with Gasteiger partial charge in [-0.2, -0.15) is 0 Å². The van der Waals surface area contributed by atoms with Crippen LogP contribution in [0.5, 0.6) is 0 Å². The van der Waals surface area contributed by atoms with E-state index in [0.717, 1.165) is 17.9 Å². The fourth-order valence-electron chi connectivity index (χ4n) is 1.77. The van der Waals surface area contributed by atoms with Gasteiger partial charge in [-0.25, -0.2) is 4.39 Å². The molecule has 0 fully saturated rings. The highest BCUT2D eigenvalue weighted by Gasteiger charge is 2.01. The predicted molar refractivity (Wildman–Crippen MR) is 82.2 cm³/mol. The normalized spacial score (nSPS) is 11.0. The van der Waals surface area contributed by atoms with Gasteiger partial charge in [0.1, 0.15) is 5.82 Å². The van der Waals surface area contributed by atoms with Crippen LogP contribution in [0, 0.1) is 5.82 Å². The minimum absolute atomic E-state index is 0.280.